The minimum Gasteiger partial charge on any atom is -0.411 e. The lowest BCUT2D eigenvalue weighted by atomic mass is 9.93. The van der Waals surface area contributed by atoms with E-state index in [2.05, 4.69) is 23.4 Å². The number of benzene rings is 1. The van der Waals surface area contributed by atoms with Gasteiger partial charge in [0, 0.05) is 6.42 Å². The van der Waals surface area contributed by atoms with Crippen molar-refractivity contribution in [3.63, 3.8) is 0 Å². The van der Waals surface area contributed by atoms with Crippen molar-refractivity contribution in [1.29, 1.82) is 0 Å². The fourth-order valence-corrected chi connectivity index (χ4v) is 1.73. The predicted octanol–water partition coefficient (Wildman–Crippen LogP) is 3.08. The second kappa shape index (κ2) is 4.09. The summed E-state index contributed by atoms with van der Waals surface area (Å²) in [7, 11) is 0. The molecule has 2 rings (SSSR count). The highest BCUT2D eigenvalue weighted by Gasteiger charge is 2.10. The van der Waals surface area contributed by atoms with E-state index in [-0.39, 0.29) is 0 Å². The molecule has 1 aliphatic rings. The highest BCUT2D eigenvalue weighted by molar-refractivity contribution is 5.90. The van der Waals surface area contributed by atoms with Gasteiger partial charge in [-0.05, 0) is 24.0 Å². The zero-order chi connectivity index (χ0) is 9.80. The number of rotatable bonds is 1. The van der Waals surface area contributed by atoms with Crippen molar-refractivity contribution in [3.05, 3.63) is 42.0 Å². The lowest BCUT2D eigenvalue weighted by molar-refractivity contribution is 0.316. The minimum absolute atomic E-state index is 0.778. The number of oxime groups is 1. The zero-order valence-electron chi connectivity index (χ0n) is 7.98. The van der Waals surface area contributed by atoms with Gasteiger partial charge in [0.1, 0.15) is 0 Å². The Kier molecular flexibility index (Phi) is 2.63. The Balaban J connectivity index is 2.19. The van der Waals surface area contributed by atoms with Gasteiger partial charge in [-0.2, -0.15) is 0 Å². The summed E-state index contributed by atoms with van der Waals surface area (Å²) in [5, 5.41) is 11.9. The lowest BCUT2D eigenvalue weighted by Crippen LogP contribution is -2.03. The summed E-state index contributed by atoms with van der Waals surface area (Å²) in [6, 6.07) is 10.4. The molecule has 0 radical (unpaired) electrons. The number of hydrogen-bond acceptors (Lipinski definition) is 2. The van der Waals surface area contributed by atoms with Gasteiger partial charge in [-0.15, -0.1) is 0 Å². The molecule has 0 saturated carbocycles. The molecule has 0 aliphatic heterocycles. The van der Waals surface area contributed by atoms with Crippen LogP contribution < -0.4 is 0 Å². The van der Waals surface area contributed by atoms with Gasteiger partial charge in [0.2, 0.25) is 0 Å². The SMILES string of the molecule is ON=C1CC=C(c2ccccc2)CC1. The summed E-state index contributed by atoms with van der Waals surface area (Å²) in [6.07, 6.45) is 4.77. The molecule has 0 heterocycles. The Hall–Kier alpha value is -1.57. The van der Waals surface area contributed by atoms with Crippen LogP contribution in [0.25, 0.3) is 5.57 Å². The Morgan fingerprint density at radius 2 is 1.86 bits per heavy atom. The molecule has 0 aromatic heterocycles. The Morgan fingerprint density at radius 1 is 1.07 bits per heavy atom. The van der Waals surface area contributed by atoms with Crippen LogP contribution in [0.2, 0.25) is 0 Å². The molecule has 1 N–H and O–H groups in total. The third-order valence-corrected chi connectivity index (χ3v) is 2.55. The van der Waals surface area contributed by atoms with Crippen LogP contribution in [0.5, 0.6) is 0 Å². The van der Waals surface area contributed by atoms with E-state index in [9.17, 15) is 0 Å². The molecule has 0 atom stereocenters. The largest absolute Gasteiger partial charge is 0.411 e. The van der Waals surface area contributed by atoms with Crippen LogP contribution in [-0.4, -0.2) is 10.9 Å². The van der Waals surface area contributed by atoms with Crippen molar-refractivity contribution in [1.82, 2.24) is 0 Å². The van der Waals surface area contributed by atoms with E-state index in [4.69, 9.17) is 5.21 Å². The molecule has 0 amide bonds. The molecule has 1 aromatic carbocycles. The van der Waals surface area contributed by atoms with Crippen molar-refractivity contribution in [2.45, 2.75) is 19.3 Å². The standard InChI is InChI=1S/C12H13NO/c14-13-12-8-6-11(7-9-12)10-4-2-1-3-5-10/h1-6,14H,7-9H2. The summed E-state index contributed by atoms with van der Waals surface area (Å²) < 4.78 is 0. The van der Waals surface area contributed by atoms with E-state index in [1.165, 1.54) is 11.1 Å². The molecule has 0 spiro atoms. The van der Waals surface area contributed by atoms with Crippen LogP contribution in [0, 0.1) is 0 Å². The molecular formula is C12H13NO. The van der Waals surface area contributed by atoms with Gasteiger partial charge >= 0.3 is 0 Å². The highest BCUT2D eigenvalue weighted by atomic mass is 16.4. The smallest absolute Gasteiger partial charge is 0.0611 e. The van der Waals surface area contributed by atoms with Gasteiger partial charge in [-0.1, -0.05) is 41.6 Å². The molecule has 1 aliphatic carbocycles. The second-order valence-electron chi connectivity index (χ2n) is 3.47. The quantitative estimate of drug-likeness (QED) is 0.531. The molecule has 0 saturated heterocycles. The Bertz CT molecular complexity index is 365. The van der Waals surface area contributed by atoms with Gasteiger partial charge in [-0.3, -0.25) is 0 Å². The fourth-order valence-electron chi connectivity index (χ4n) is 1.73. The fraction of sp³-hybridized carbons (Fsp3) is 0.250. The molecule has 2 heteroatoms. The van der Waals surface area contributed by atoms with Crippen molar-refractivity contribution in [2.24, 2.45) is 5.16 Å². The van der Waals surface area contributed by atoms with Gasteiger partial charge in [-0.25, -0.2) is 0 Å². The normalized spacial score (nSPS) is 19.4. The summed E-state index contributed by atoms with van der Waals surface area (Å²) in [4.78, 5) is 0. The number of hydrogen-bond donors (Lipinski definition) is 1. The van der Waals surface area contributed by atoms with Crippen LogP contribution in [0.15, 0.2) is 41.6 Å². The van der Waals surface area contributed by atoms with Gasteiger partial charge in [0.25, 0.3) is 0 Å². The van der Waals surface area contributed by atoms with Crippen LogP contribution in [0.4, 0.5) is 0 Å². The van der Waals surface area contributed by atoms with E-state index < -0.39 is 0 Å². The Morgan fingerprint density at radius 3 is 2.43 bits per heavy atom. The van der Waals surface area contributed by atoms with E-state index in [1.807, 2.05) is 18.2 Å². The molecule has 1 aromatic rings. The number of allylic oxidation sites excluding steroid dienone is 2. The molecule has 72 valence electrons. The van der Waals surface area contributed by atoms with Crippen molar-refractivity contribution in [2.75, 3.05) is 0 Å². The molecule has 0 unspecified atom stereocenters. The third-order valence-electron chi connectivity index (χ3n) is 2.55. The van der Waals surface area contributed by atoms with E-state index in [0.29, 0.717) is 0 Å². The van der Waals surface area contributed by atoms with E-state index in [0.717, 1.165) is 25.0 Å². The maximum Gasteiger partial charge on any atom is 0.0611 e. The van der Waals surface area contributed by atoms with Crippen LogP contribution in [-0.2, 0) is 0 Å². The van der Waals surface area contributed by atoms with Gasteiger partial charge in [0.15, 0.2) is 0 Å². The molecular weight excluding hydrogens is 174 g/mol. The summed E-state index contributed by atoms with van der Waals surface area (Å²) in [5.74, 6) is 0. The summed E-state index contributed by atoms with van der Waals surface area (Å²) in [5.41, 5.74) is 3.52. The minimum atomic E-state index is 0.778. The maximum absolute atomic E-state index is 8.61. The van der Waals surface area contributed by atoms with Crippen LogP contribution in [0.1, 0.15) is 24.8 Å². The summed E-state index contributed by atoms with van der Waals surface area (Å²) >= 11 is 0. The zero-order valence-corrected chi connectivity index (χ0v) is 7.98. The van der Waals surface area contributed by atoms with Gasteiger partial charge in [0.05, 0.1) is 5.71 Å². The average Bonchev–Trinajstić information content (AvgIpc) is 2.30. The van der Waals surface area contributed by atoms with E-state index >= 15 is 0 Å². The van der Waals surface area contributed by atoms with E-state index in [1.54, 1.807) is 0 Å². The second-order valence-corrected chi connectivity index (χ2v) is 3.47. The third kappa shape index (κ3) is 1.84. The predicted molar refractivity (Wildman–Crippen MR) is 57.5 cm³/mol. The highest BCUT2D eigenvalue weighted by Crippen LogP contribution is 2.25. The molecule has 14 heavy (non-hydrogen) atoms. The number of nitrogens with zero attached hydrogens (tertiary/aromatic N) is 1. The topological polar surface area (TPSA) is 32.6 Å². The first-order chi connectivity index (χ1) is 6.90. The monoisotopic (exact) mass is 187 g/mol. The van der Waals surface area contributed by atoms with Gasteiger partial charge < -0.3 is 5.21 Å². The average molecular weight is 187 g/mol. The first kappa shape index (κ1) is 9.00. The van der Waals surface area contributed by atoms with Crippen molar-refractivity contribution < 1.29 is 5.21 Å². The lowest BCUT2D eigenvalue weighted by Gasteiger charge is -2.13. The van der Waals surface area contributed by atoms with Crippen LogP contribution in [0.3, 0.4) is 0 Å². The van der Waals surface area contributed by atoms with Crippen molar-refractivity contribution >= 4 is 11.3 Å². The first-order valence-electron chi connectivity index (χ1n) is 4.84. The van der Waals surface area contributed by atoms with Crippen molar-refractivity contribution in [3.8, 4) is 0 Å². The van der Waals surface area contributed by atoms with Crippen LogP contribution >= 0.6 is 0 Å². The molecule has 2 nitrogen and oxygen atoms in total. The molecule has 0 fully saturated rings. The maximum atomic E-state index is 8.61. The first-order valence-corrected chi connectivity index (χ1v) is 4.84. The summed E-state index contributed by atoms with van der Waals surface area (Å²) in [6.45, 7) is 0. The molecule has 0 bridgehead atoms. The Labute approximate surface area is 83.6 Å².